The first kappa shape index (κ1) is 19.6. The molecule has 2 heterocycles. The SMILES string of the molecule is Cc1c(Cc2ccc3c(c2)OCO3)sc(NC(=O)c2cc(Cl)cc(Cl)c2)c1C#N. The van der Waals surface area contributed by atoms with Crippen LogP contribution in [-0.2, 0) is 6.42 Å². The van der Waals surface area contributed by atoms with E-state index in [-0.39, 0.29) is 12.7 Å². The Labute approximate surface area is 181 Å². The van der Waals surface area contributed by atoms with Crippen LogP contribution in [0.25, 0.3) is 0 Å². The summed E-state index contributed by atoms with van der Waals surface area (Å²) >= 11 is 13.3. The number of ether oxygens (including phenoxy) is 2. The second-order valence-corrected chi connectivity index (χ2v) is 8.42. The second kappa shape index (κ2) is 7.96. The average Bonchev–Trinajstić information content (AvgIpc) is 3.25. The molecule has 1 N–H and O–H groups in total. The van der Waals surface area contributed by atoms with Crippen LogP contribution in [0.1, 0.15) is 31.9 Å². The second-order valence-electron chi connectivity index (χ2n) is 6.44. The Morgan fingerprint density at radius 3 is 2.62 bits per heavy atom. The van der Waals surface area contributed by atoms with Gasteiger partial charge in [-0.2, -0.15) is 5.26 Å². The molecule has 0 radical (unpaired) electrons. The number of hydrogen-bond acceptors (Lipinski definition) is 5. The van der Waals surface area contributed by atoms with Crippen LogP contribution in [0.5, 0.6) is 11.5 Å². The molecular formula is C21H14Cl2N2O3S. The van der Waals surface area contributed by atoms with Crippen molar-refractivity contribution in [3.8, 4) is 17.6 Å². The number of carbonyl (C=O) groups is 1. The molecule has 146 valence electrons. The zero-order valence-corrected chi connectivity index (χ0v) is 17.5. The largest absolute Gasteiger partial charge is 0.454 e. The maximum absolute atomic E-state index is 12.6. The van der Waals surface area contributed by atoms with E-state index < -0.39 is 0 Å². The number of rotatable bonds is 4. The minimum atomic E-state index is -0.373. The summed E-state index contributed by atoms with van der Waals surface area (Å²) in [5, 5.41) is 13.7. The third kappa shape index (κ3) is 4.03. The highest BCUT2D eigenvalue weighted by Crippen LogP contribution is 2.37. The van der Waals surface area contributed by atoms with Gasteiger partial charge in [-0.05, 0) is 48.4 Å². The molecule has 0 atom stereocenters. The molecule has 4 rings (SSSR count). The zero-order chi connectivity index (χ0) is 20.5. The van der Waals surface area contributed by atoms with Gasteiger partial charge in [-0.3, -0.25) is 4.79 Å². The number of anilines is 1. The van der Waals surface area contributed by atoms with Gasteiger partial charge in [0, 0.05) is 26.9 Å². The number of nitrogens with one attached hydrogen (secondary N) is 1. The third-order valence-electron chi connectivity index (χ3n) is 4.51. The van der Waals surface area contributed by atoms with Gasteiger partial charge in [-0.15, -0.1) is 11.3 Å². The van der Waals surface area contributed by atoms with Gasteiger partial charge in [0.1, 0.15) is 11.1 Å². The molecule has 0 aliphatic carbocycles. The van der Waals surface area contributed by atoms with Crippen molar-refractivity contribution >= 4 is 45.4 Å². The lowest BCUT2D eigenvalue weighted by molar-refractivity contribution is 0.102. The highest BCUT2D eigenvalue weighted by atomic mass is 35.5. The number of halogens is 2. The van der Waals surface area contributed by atoms with E-state index in [1.54, 1.807) is 6.07 Å². The molecule has 1 amide bonds. The number of hydrogen-bond donors (Lipinski definition) is 1. The van der Waals surface area contributed by atoms with Crippen LogP contribution < -0.4 is 14.8 Å². The number of benzene rings is 2. The topological polar surface area (TPSA) is 71.3 Å². The molecule has 0 fully saturated rings. The first-order valence-electron chi connectivity index (χ1n) is 8.63. The quantitative estimate of drug-likeness (QED) is 0.551. The van der Waals surface area contributed by atoms with Crippen molar-refractivity contribution in [3.63, 3.8) is 0 Å². The molecule has 0 bridgehead atoms. The lowest BCUT2D eigenvalue weighted by Crippen LogP contribution is -2.11. The summed E-state index contributed by atoms with van der Waals surface area (Å²) in [5.41, 5.74) is 2.65. The van der Waals surface area contributed by atoms with Crippen molar-refractivity contribution in [1.29, 1.82) is 5.26 Å². The summed E-state index contributed by atoms with van der Waals surface area (Å²) in [4.78, 5) is 13.6. The Morgan fingerprint density at radius 2 is 1.90 bits per heavy atom. The van der Waals surface area contributed by atoms with Crippen LogP contribution in [-0.4, -0.2) is 12.7 Å². The van der Waals surface area contributed by atoms with Crippen molar-refractivity contribution in [2.45, 2.75) is 13.3 Å². The van der Waals surface area contributed by atoms with Crippen molar-refractivity contribution in [2.75, 3.05) is 12.1 Å². The van der Waals surface area contributed by atoms with Crippen molar-refractivity contribution in [1.82, 2.24) is 0 Å². The van der Waals surface area contributed by atoms with Crippen LogP contribution in [0, 0.1) is 18.3 Å². The van der Waals surface area contributed by atoms with Gasteiger partial charge in [0.2, 0.25) is 6.79 Å². The molecule has 1 aromatic heterocycles. The van der Waals surface area contributed by atoms with E-state index in [4.69, 9.17) is 32.7 Å². The van der Waals surface area contributed by atoms with Crippen LogP contribution >= 0.6 is 34.5 Å². The molecule has 0 saturated heterocycles. The molecule has 5 nitrogen and oxygen atoms in total. The Bertz CT molecular complexity index is 1150. The minimum Gasteiger partial charge on any atom is -0.454 e. The molecule has 1 aliphatic rings. The van der Waals surface area contributed by atoms with Crippen molar-refractivity contribution < 1.29 is 14.3 Å². The molecule has 0 unspecified atom stereocenters. The maximum atomic E-state index is 12.6. The fourth-order valence-corrected chi connectivity index (χ4v) is 4.76. The summed E-state index contributed by atoms with van der Waals surface area (Å²) in [6.45, 7) is 2.10. The number of carbonyl (C=O) groups excluding carboxylic acids is 1. The highest BCUT2D eigenvalue weighted by Gasteiger charge is 2.19. The van der Waals surface area contributed by atoms with Crippen molar-refractivity contribution in [2.24, 2.45) is 0 Å². The standard InChI is InChI=1S/C21H14Cl2N2O3S/c1-11-16(9-24)21(25-20(26)13-6-14(22)8-15(23)7-13)29-19(11)5-12-2-3-17-18(4-12)28-10-27-17/h2-4,6-8H,5,10H2,1H3,(H,25,26). The van der Waals surface area contributed by atoms with E-state index in [0.717, 1.165) is 21.8 Å². The lowest BCUT2D eigenvalue weighted by atomic mass is 10.1. The van der Waals surface area contributed by atoms with Gasteiger partial charge in [0.15, 0.2) is 11.5 Å². The highest BCUT2D eigenvalue weighted by molar-refractivity contribution is 7.16. The number of amides is 1. The van der Waals surface area contributed by atoms with Crippen LogP contribution in [0.3, 0.4) is 0 Å². The Kier molecular flexibility index (Phi) is 5.37. The molecule has 1 aliphatic heterocycles. The molecule has 8 heteroatoms. The Balaban J connectivity index is 1.60. The Morgan fingerprint density at radius 1 is 1.17 bits per heavy atom. The van der Waals surface area contributed by atoms with Gasteiger partial charge < -0.3 is 14.8 Å². The fourth-order valence-electron chi connectivity index (χ4n) is 3.05. The summed E-state index contributed by atoms with van der Waals surface area (Å²) in [6.07, 6.45) is 0.612. The monoisotopic (exact) mass is 444 g/mol. The summed E-state index contributed by atoms with van der Waals surface area (Å²) in [6, 6.07) is 12.6. The number of fused-ring (bicyclic) bond motifs is 1. The summed E-state index contributed by atoms with van der Waals surface area (Å²) < 4.78 is 10.8. The van der Waals surface area contributed by atoms with Crippen LogP contribution in [0.2, 0.25) is 10.0 Å². The molecule has 29 heavy (non-hydrogen) atoms. The number of nitrogens with zero attached hydrogens (tertiary/aromatic N) is 1. The molecular weight excluding hydrogens is 431 g/mol. The smallest absolute Gasteiger partial charge is 0.256 e. The van der Waals surface area contributed by atoms with Gasteiger partial charge >= 0.3 is 0 Å². The van der Waals surface area contributed by atoms with Gasteiger partial charge in [0.25, 0.3) is 5.91 Å². The van der Waals surface area contributed by atoms with Gasteiger partial charge in [0.05, 0.1) is 5.56 Å². The first-order valence-corrected chi connectivity index (χ1v) is 10.2. The normalized spacial score (nSPS) is 11.9. The van der Waals surface area contributed by atoms with Crippen LogP contribution in [0.15, 0.2) is 36.4 Å². The van der Waals surface area contributed by atoms with E-state index in [2.05, 4.69) is 11.4 Å². The number of nitriles is 1. The molecule has 0 saturated carbocycles. The van der Waals surface area contributed by atoms with E-state index in [1.807, 2.05) is 25.1 Å². The molecule has 0 spiro atoms. The minimum absolute atomic E-state index is 0.221. The number of thiophene rings is 1. The predicted molar refractivity (Wildman–Crippen MR) is 114 cm³/mol. The third-order valence-corrected chi connectivity index (χ3v) is 6.15. The fraction of sp³-hybridized carbons (Fsp3) is 0.143. The predicted octanol–water partition coefficient (Wildman–Crippen LogP) is 5.81. The van der Waals surface area contributed by atoms with E-state index in [1.165, 1.54) is 23.5 Å². The average molecular weight is 445 g/mol. The lowest BCUT2D eigenvalue weighted by Gasteiger charge is -2.05. The van der Waals surface area contributed by atoms with E-state index in [0.29, 0.717) is 38.3 Å². The zero-order valence-electron chi connectivity index (χ0n) is 15.2. The molecule has 2 aromatic carbocycles. The maximum Gasteiger partial charge on any atom is 0.256 e. The van der Waals surface area contributed by atoms with Crippen molar-refractivity contribution in [3.05, 3.63) is 73.6 Å². The van der Waals surface area contributed by atoms with Gasteiger partial charge in [-0.25, -0.2) is 0 Å². The first-order chi connectivity index (χ1) is 13.9. The van der Waals surface area contributed by atoms with Gasteiger partial charge in [-0.1, -0.05) is 29.3 Å². The van der Waals surface area contributed by atoms with Crippen LogP contribution in [0.4, 0.5) is 5.00 Å². The van der Waals surface area contributed by atoms with E-state index in [9.17, 15) is 10.1 Å². The van der Waals surface area contributed by atoms with E-state index >= 15 is 0 Å². The Hall–Kier alpha value is -2.72. The summed E-state index contributed by atoms with van der Waals surface area (Å²) in [5.74, 6) is 1.06. The molecule has 3 aromatic rings. The summed E-state index contributed by atoms with van der Waals surface area (Å²) in [7, 11) is 0.